The van der Waals surface area contributed by atoms with Crippen LogP contribution in [-0.4, -0.2) is 52.5 Å². The molecule has 1 saturated heterocycles. The highest BCUT2D eigenvalue weighted by atomic mass is 19.3. The van der Waals surface area contributed by atoms with Gasteiger partial charge in [0.1, 0.15) is 11.6 Å². The van der Waals surface area contributed by atoms with Crippen molar-refractivity contribution in [3.05, 3.63) is 0 Å². The predicted molar refractivity (Wildman–Crippen MR) is 110 cm³/mol. The zero-order valence-electron chi connectivity index (χ0n) is 18.2. The lowest BCUT2D eigenvalue weighted by atomic mass is 9.74. The standard InChI is InChI=1S/C22H33F2N5O2/c1-2-7-22(23,24)12-17(19(31)27-20(13-25)10-11-20)26-18(30)15-5-8-21(9-6-15)14-29(28-21)16-3-4-16/h15-17,28H,2-12,14H2,1H3,(H,26,30)(H,27,31)/t15?,17-,21?/m0/s1. The highest BCUT2D eigenvalue weighted by Crippen LogP contribution is 2.41. The third-order valence-electron chi connectivity index (χ3n) is 7.23. The lowest BCUT2D eigenvalue weighted by Gasteiger charge is -2.54. The Morgan fingerprint density at radius 1 is 1.23 bits per heavy atom. The zero-order valence-corrected chi connectivity index (χ0v) is 18.2. The molecule has 0 aromatic heterocycles. The van der Waals surface area contributed by atoms with Gasteiger partial charge in [0.25, 0.3) is 5.92 Å². The maximum Gasteiger partial charge on any atom is 0.250 e. The maximum atomic E-state index is 14.3. The van der Waals surface area contributed by atoms with E-state index >= 15 is 0 Å². The summed E-state index contributed by atoms with van der Waals surface area (Å²) in [7, 11) is 0. The summed E-state index contributed by atoms with van der Waals surface area (Å²) in [6.45, 7) is 2.67. The van der Waals surface area contributed by atoms with E-state index in [1.165, 1.54) is 12.8 Å². The SMILES string of the molecule is CCCC(F)(F)C[C@H](NC(=O)C1CCC2(CC1)CN(C1CC1)N2)C(=O)NC1(C#N)CC1. The number of hydrogen-bond donors (Lipinski definition) is 3. The van der Waals surface area contributed by atoms with Gasteiger partial charge < -0.3 is 10.6 Å². The molecule has 0 radical (unpaired) electrons. The number of nitriles is 1. The number of rotatable bonds is 9. The average molecular weight is 438 g/mol. The summed E-state index contributed by atoms with van der Waals surface area (Å²) in [6, 6.07) is 1.37. The minimum Gasteiger partial charge on any atom is -0.344 e. The summed E-state index contributed by atoms with van der Waals surface area (Å²) >= 11 is 0. The number of amides is 2. The van der Waals surface area contributed by atoms with Gasteiger partial charge in [-0.3, -0.25) is 9.59 Å². The van der Waals surface area contributed by atoms with Gasteiger partial charge >= 0.3 is 0 Å². The molecule has 1 spiro atoms. The van der Waals surface area contributed by atoms with Crippen molar-refractivity contribution in [3.63, 3.8) is 0 Å². The summed E-state index contributed by atoms with van der Waals surface area (Å²) in [6.07, 6.45) is 5.81. The Kier molecular flexibility index (Phi) is 5.99. The van der Waals surface area contributed by atoms with Gasteiger partial charge in [-0.25, -0.2) is 19.2 Å². The zero-order chi connectivity index (χ0) is 22.3. The first-order chi connectivity index (χ1) is 14.7. The van der Waals surface area contributed by atoms with E-state index in [1.807, 2.05) is 6.07 Å². The number of carbonyl (C=O) groups excluding carboxylic acids is 2. The van der Waals surface area contributed by atoms with Gasteiger partial charge in [0.15, 0.2) is 0 Å². The fraction of sp³-hybridized carbons (Fsp3) is 0.864. The average Bonchev–Trinajstić information content (AvgIpc) is 3.61. The number of carbonyl (C=O) groups is 2. The van der Waals surface area contributed by atoms with E-state index in [9.17, 15) is 23.6 Å². The molecular formula is C22H33F2N5O2. The minimum atomic E-state index is -3.05. The third kappa shape index (κ3) is 5.17. The third-order valence-corrected chi connectivity index (χ3v) is 7.23. The molecule has 3 saturated carbocycles. The molecule has 9 heteroatoms. The van der Waals surface area contributed by atoms with Crippen molar-refractivity contribution in [2.75, 3.05) is 6.54 Å². The fourth-order valence-electron chi connectivity index (χ4n) is 4.90. The highest BCUT2D eigenvalue weighted by Gasteiger charge is 2.50. The van der Waals surface area contributed by atoms with E-state index < -0.39 is 29.8 Å². The fourth-order valence-corrected chi connectivity index (χ4v) is 4.90. The second kappa shape index (κ2) is 8.28. The van der Waals surface area contributed by atoms with Gasteiger partial charge in [0.2, 0.25) is 11.8 Å². The van der Waals surface area contributed by atoms with Crippen molar-refractivity contribution in [2.24, 2.45) is 5.92 Å². The Morgan fingerprint density at radius 3 is 2.39 bits per heavy atom. The van der Waals surface area contributed by atoms with Crippen LogP contribution in [0.25, 0.3) is 0 Å². The van der Waals surface area contributed by atoms with E-state index in [4.69, 9.17) is 0 Å². The van der Waals surface area contributed by atoms with Crippen LogP contribution in [0.1, 0.15) is 77.6 Å². The molecule has 1 heterocycles. The Labute approximate surface area is 182 Å². The van der Waals surface area contributed by atoms with Crippen molar-refractivity contribution in [2.45, 2.75) is 107 Å². The molecule has 4 fully saturated rings. The lowest BCUT2D eigenvalue weighted by Crippen LogP contribution is -2.73. The van der Waals surface area contributed by atoms with Crippen LogP contribution in [0.15, 0.2) is 0 Å². The Morgan fingerprint density at radius 2 is 1.87 bits per heavy atom. The summed E-state index contributed by atoms with van der Waals surface area (Å²) in [5, 5.41) is 16.7. The van der Waals surface area contributed by atoms with Crippen LogP contribution in [0.5, 0.6) is 0 Å². The second-order valence-corrected chi connectivity index (χ2v) is 10.1. The second-order valence-electron chi connectivity index (χ2n) is 10.1. The normalized spacial score (nSPS) is 30.7. The predicted octanol–water partition coefficient (Wildman–Crippen LogP) is 2.38. The first-order valence-electron chi connectivity index (χ1n) is 11.6. The summed E-state index contributed by atoms with van der Waals surface area (Å²) in [4.78, 5) is 25.6. The number of nitrogens with one attached hydrogen (secondary N) is 3. The van der Waals surface area contributed by atoms with Gasteiger partial charge in [0, 0.05) is 36.9 Å². The molecule has 7 nitrogen and oxygen atoms in total. The molecule has 2 amide bonds. The van der Waals surface area contributed by atoms with Crippen LogP contribution in [0.4, 0.5) is 8.78 Å². The summed E-state index contributed by atoms with van der Waals surface area (Å²) in [5.41, 5.74) is 2.69. The van der Waals surface area contributed by atoms with Gasteiger partial charge in [-0.05, 0) is 51.4 Å². The van der Waals surface area contributed by atoms with E-state index in [0.29, 0.717) is 31.7 Å². The van der Waals surface area contributed by atoms with Crippen molar-refractivity contribution >= 4 is 11.8 Å². The molecule has 4 rings (SSSR count). The molecule has 3 aliphatic carbocycles. The molecule has 4 aliphatic rings. The highest BCUT2D eigenvalue weighted by molar-refractivity contribution is 5.89. The van der Waals surface area contributed by atoms with Gasteiger partial charge in [0.05, 0.1) is 6.07 Å². The first-order valence-corrected chi connectivity index (χ1v) is 11.6. The van der Waals surface area contributed by atoms with E-state index in [2.05, 4.69) is 21.1 Å². The molecule has 3 N–H and O–H groups in total. The quantitative estimate of drug-likeness (QED) is 0.515. The number of nitrogens with zero attached hydrogens (tertiary/aromatic N) is 2. The summed E-state index contributed by atoms with van der Waals surface area (Å²) < 4.78 is 28.6. The molecule has 0 unspecified atom stereocenters. The Bertz CT molecular complexity index is 743. The smallest absolute Gasteiger partial charge is 0.250 e. The molecule has 0 aromatic rings. The Hall–Kier alpha value is -1.79. The number of alkyl halides is 2. The van der Waals surface area contributed by atoms with Crippen LogP contribution < -0.4 is 16.1 Å². The molecular weight excluding hydrogens is 404 g/mol. The van der Waals surface area contributed by atoms with Crippen LogP contribution >= 0.6 is 0 Å². The molecule has 1 atom stereocenters. The van der Waals surface area contributed by atoms with Gasteiger partial charge in [-0.1, -0.05) is 13.3 Å². The van der Waals surface area contributed by atoms with E-state index in [-0.39, 0.29) is 30.2 Å². The topological polar surface area (TPSA) is 97.3 Å². The van der Waals surface area contributed by atoms with Crippen molar-refractivity contribution in [3.8, 4) is 6.07 Å². The van der Waals surface area contributed by atoms with Crippen LogP contribution in [0, 0.1) is 17.2 Å². The van der Waals surface area contributed by atoms with Crippen LogP contribution in [0.3, 0.4) is 0 Å². The molecule has 172 valence electrons. The lowest BCUT2D eigenvalue weighted by molar-refractivity contribution is -0.136. The number of hydrogen-bond acceptors (Lipinski definition) is 5. The Balaban J connectivity index is 1.32. The van der Waals surface area contributed by atoms with Crippen LogP contribution in [0.2, 0.25) is 0 Å². The van der Waals surface area contributed by atoms with Gasteiger partial charge in [-0.15, -0.1) is 0 Å². The largest absolute Gasteiger partial charge is 0.344 e. The minimum absolute atomic E-state index is 0.0788. The monoisotopic (exact) mass is 437 g/mol. The molecule has 0 aromatic carbocycles. The van der Waals surface area contributed by atoms with E-state index in [0.717, 1.165) is 19.4 Å². The van der Waals surface area contributed by atoms with Crippen LogP contribution in [-0.2, 0) is 9.59 Å². The molecule has 0 bridgehead atoms. The first kappa shape index (κ1) is 22.4. The van der Waals surface area contributed by atoms with Crippen molar-refractivity contribution in [1.29, 1.82) is 5.26 Å². The molecule has 1 aliphatic heterocycles. The number of hydrazine groups is 1. The van der Waals surface area contributed by atoms with E-state index in [1.54, 1.807) is 6.92 Å². The molecule has 31 heavy (non-hydrogen) atoms. The maximum absolute atomic E-state index is 14.3. The van der Waals surface area contributed by atoms with Gasteiger partial charge in [-0.2, -0.15) is 5.26 Å². The number of halogens is 2. The van der Waals surface area contributed by atoms with Crippen molar-refractivity contribution in [1.82, 2.24) is 21.1 Å². The van der Waals surface area contributed by atoms with Crippen molar-refractivity contribution < 1.29 is 18.4 Å². The summed E-state index contributed by atoms with van der Waals surface area (Å²) in [5.74, 6) is -4.34.